The lowest BCUT2D eigenvalue weighted by Crippen LogP contribution is -2.30. The fraction of sp³-hybridized carbons (Fsp3) is 0.579. The molecule has 24 heavy (non-hydrogen) atoms. The molecule has 3 rings (SSSR count). The van der Waals surface area contributed by atoms with Crippen molar-refractivity contribution in [2.75, 3.05) is 18.4 Å². The number of anilines is 1. The molecule has 1 saturated heterocycles. The second-order valence-corrected chi connectivity index (χ2v) is 6.99. The molecule has 2 amide bonds. The van der Waals surface area contributed by atoms with E-state index < -0.39 is 0 Å². The monoisotopic (exact) mass is 329 g/mol. The van der Waals surface area contributed by atoms with Gasteiger partial charge in [-0.2, -0.15) is 0 Å². The Morgan fingerprint density at radius 1 is 1.29 bits per heavy atom. The van der Waals surface area contributed by atoms with Crippen LogP contribution in [-0.2, 0) is 16.0 Å². The Morgan fingerprint density at radius 2 is 2.08 bits per heavy atom. The minimum absolute atomic E-state index is 0.00606. The van der Waals surface area contributed by atoms with Gasteiger partial charge >= 0.3 is 0 Å². The average Bonchev–Trinajstić information content (AvgIpc) is 2.60. The number of hydrogen-bond acceptors (Lipinski definition) is 3. The summed E-state index contributed by atoms with van der Waals surface area (Å²) >= 11 is 0. The van der Waals surface area contributed by atoms with Crippen molar-refractivity contribution < 1.29 is 9.59 Å². The van der Waals surface area contributed by atoms with Gasteiger partial charge in [-0.25, -0.2) is 0 Å². The molecule has 0 radical (unpaired) electrons. The first-order chi connectivity index (χ1) is 11.6. The minimum atomic E-state index is -0.00606. The van der Waals surface area contributed by atoms with Gasteiger partial charge in [0.2, 0.25) is 11.8 Å². The molecule has 130 valence electrons. The summed E-state index contributed by atoms with van der Waals surface area (Å²) in [4.78, 5) is 23.6. The molecule has 1 aromatic rings. The molecule has 5 heteroatoms. The van der Waals surface area contributed by atoms with Gasteiger partial charge in [0.1, 0.15) is 0 Å². The van der Waals surface area contributed by atoms with Crippen molar-refractivity contribution in [2.24, 2.45) is 5.92 Å². The van der Waals surface area contributed by atoms with Crippen LogP contribution in [-0.4, -0.2) is 24.9 Å². The first-order valence-corrected chi connectivity index (χ1v) is 9.04. The summed E-state index contributed by atoms with van der Waals surface area (Å²) in [6.45, 7) is 4.17. The maximum atomic E-state index is 12.2. The molecule has 1 aromatic carbocycles. The zero-order valence-electron chi connectivity index (χ0n) is 14.4. The first-order valence-electron chi connectivity index (χ1n) is 9.04. The molecule has 2 aliphatic heterocycles. The highest BCUT2D eigenvalue weighted by Crippen LogP contribution is 2.26. The predicted octanol–water partition coefficient (Wildman–Crippen LogP) is 2.53. The Kier molecular flexibility index (Phi) is 5.51. The van der Waals surface area contributed by atoms with E-state index in [2.05, 4.69) is 22.0 Å². The van der Waals surface area contributed by atoms with E-state index in [1.165, 1.54) is 12.8 Å². The summed E-state index contributed by atoms with van der Waals surface area (Å²) in [5.41, 5.74) is 3.16. The van der Waals surface area contributed by atoms with E-state index in [-0.39, 0.29) is 17.9 Å². The Hall–Kier alpha value is -1.88. The number of aryl methyl sites for hydroxylation is 1. The topological polar surface area (TPSA) is 70.2 Å². The van der Waals surface area contributed by atoms with Crippen LogP contribution in [0.25, 0.3) is 0 Å². The summed E-state index contributed by atoms with van der Waals surface area (Å²) in [6.07, 6.45) is 5.25. The molecule has 0 aromatic heterocycles. The second kappa shape index (κ2) is 7.79. The first kappa shape index (κ1) is 17.0. The van der Waals surface area contributed by atoms with Gasteiger partial charge in [-0.1, -0.05) is 12.1 Å². The normalized spacial score (nSPS) is 19.3. The highest BCUT2D eigenvalue weighted by molar-refractivity contribution is 5.93. The largest absolute Gasteiger partial charge is 0.350 e. The molecule has 0 saturated carbocycles. The molecule has 2 heterocycles. The maximum Gasteiger partial charge on any atom is 0.224 e. The van der Waals surface area contributed by atoms with Crippen molar-refractivity contribution in [3.05, 3.63) is 29.3 Å². The third-order valence-electron chi connectivity index (χ3n) is 5.14. The summed E-state index contributed by atoms with van der Waals surface area (Å²) in [5.74, 6) is 0.890. The average molecular weight is 329 g/mol. The fourth-order valence-electron chi connectivity index (χ4n) is 3.58. The molecule has 2 aliphatic rings. The van der Waals surface area contributed by atoms with Crippen LogP contribution in [0, 0.1) is 5.92 Å². The maximum absolute atomic E-state index is 12.2. The fourth-order valence-corrected chi connectivity index (χ4v) is 3.58. The van der Waals surface area contributed by atoms with E-state index in [0.29, 0.717) is 18.8 Å². The van der Waals surface area contributed by atoms with Crippen LogP contribution in [0.1, 0.15) is 56.2 Å². The molecule has 0 spiro atoms. The van der Waals surface area contributed by atoms with Gasteiger partial charge in [0.15, 0.2) is 0 Å². The van der Waals surface area contributed by atoms with Gasteiger partial charge in [0.25, 0.3) is 0 Å². The van der Waals surface area contributed by atoms with E-state index >= 15 is 0 Å². The number of nitrogens with one attached hydrogen (secondary N) is 3. The van der Waals surface area contributed by atoms with Crippen LogP contribution >= 0.6 is 0 Å². The van der Waals surface area contributed by atoms with Crippen LogP contribution in [0.4, 0.5) is 5.69 Å². The zero-order chi connectivity index (χ0) is 16.9. The lowest BCUT2D eigenvalue weighted by molar-refractivity contribution is -0.122. The van der Waals surface area contributed by atoms with Crippen LogP contribution in [0.2, 0.25) is 0 Å². The van der Waals surface area contributed by atoms with Crippen LogP contribution < -0.4 is 16.0 Å². The SMILES string of the molecule is CC(NC(=O)CCC1CCNCC1)c1ccc2c(c1)CCC(=O)N2. The third-order valence-corrected chi connectivity index (χ3v) is 5.14. The Bertz CT molecular complexity index is 609. The van der Waals surface area contributed by atoms with E-state index in [1.807, 2.05) is 19.1 Å². The number of piperidine rings is 1. The molecule has 1 fully saturated rings. The van der Waals surface area contributed by atoms with E-state index in [0.717, 1.165) is 42.7 Å². The lowest BCUT2D eigenvalue weighted by atomic mass is 9.93. The molecular formula is C19H27N3O2. The number of benzene rings is 1. The summed E-state index contributed by atoms with van der Waals surface area (Å²) in [5, 5.41) is 9.36. The van der Waals surface area contributed by atoms with Gasteiger partial charge in [-0.15, -0.1) is 0 Å². The van der Waals surface area contributed by atoms with Crippen molar-refractivity contribution >= 4 is 17.5 Å². The lowest BCUT2D eigenvalue weighted by Gasteiger charge is -2.23. The van der Waals surface area contributed by atoms with Gasteiger partial charge in [0, 0.05) is 18.5 Å². The number of fused-ring (bicyclic) bond motifs is 1. The Labute approximate surface area is 143 Å². The molecule has 0 bridgehead atoms. The number of carbonyl (C=O) groups excluding carboxylic acids is 2. The molecule has 0 aliphatic carbocycles. The molecule has 1 atom stereocenters. The van der Waals surface area contributed by atoms with Crippen molar-refractivity contribution in [1.29, 1.82) is 0 Å². The second-order valence-electron chi connectivity index (χ2n) is 6.99. The molecule has 3 N–H and O–H groups in total. The van der Waals surface area contributed by atoms with Gasteiger partial charge < -0.3 is 16.0 Å². The smallest absolute Gasteiger partial charge is 0.224 e. The standard InChI is InChI=1S/C19H27N3O2/c1-13(21-18(23)6-2-14-8-10-20-11-9-14)15-3-5-17-16(12-15)4-7-19(24)22-17/h3,5,12-14,20H,2,4,6-11H2,1H3,(H,21,23)(H,22,24). The van der Waals surface area contributed by atoms with E-state index in [1.54, 1.807) is 0 Å². The number of hydrogen-bond donors (Lipinski definition) is 3. The summed E-state index contributed by atoms with van der Waals surface area (Å²) in [6, 6.07) is 6.03. The van der Waals surface area contributed by atoms with Crippen LogP contribution in [0.5, 0.6) is 0 Å². The van der Waals surface area contributed by atoms with E-state index in [4.69, 9.17) is 0 Å². The van der Waals surface area contributed by atoms with E-state index in [9.17, 15) is 9.59 Å². The Balaban J connectivity index is 1.51. The zero-order valence-corrected chi connectivity index (χ0v) is 14.4. The van der Waals surface area contributed by atoms with Gasteiger partial charge in [-0.05, 0) is 68.8 Å². The van der Waals surface area contributed by atoms with Gasteiger partial charge in [0.05, 0.1) is 6.04 Å². The quantitative estimate of drug-likeness (QED) is 0.777. The summed E-state index contributed by atoms with van der Waals surface area (Å²) in [7, 11) is 0. The van der Waals surface area contributed by atoms with Crippen molar-refractivity contribution in [1.82, 2.24) is 10.6 Å². The minimum Gasteiger partial charge on any atom is -0.350 e. The number of amides is 2. The van der Waals surface area contributed by atoms with Crippen molar-refractivity contribution in [3.8, 4) is 0 Å². The van der Waals surface area contributed by atoms with Gasteiger partial charge in [-0.3, -0.25) is 9.59 Å². The highest BCUT2D eigenvalue weighted by atomic mass is 16.2. The van der Waals surface area contributed by atoms with Crippen LogP contribution in [0.15, 0.2) is 18.2 Å². The number of rotatable bonds is 5. The number of carbonyl (C=O) groups is 2. The third kappa shape index (κ3) is 4.35. The predicted molar refractivity (Wildman–Crippen MR) is 94.8 cm³/mol. The van der Waals surface area contributed by atoms with Crippen molar-refractivity contribution in [2.45, 2.75) is 51.5 Å². The molecular weight excluding hydrogens is 302 g/mol. The summed E-state index contributed by atoms with van der Waals surface area (Å²) < 4.78 is 0. The molecule has 5 nitrogen and oxygen atoms in total. The Morgan fingerprint density at radius 3 is 2.88 bits per heavy atom. The van der Waals surface area contributed by atoms with Crippen molar-refractivity contribution in [3.63, 3.8) is 0 Å². The highest BCUT2D eigenvalue weighted by Gasteiger charge is 2.18. The van der Waals surface area contributed by atoms with Crippen LogP contribution in [0.3, 0.4) is 0 Å². The molecule has 1 unspecified atom stereocenters.